The highest BCUT2D eigenvalue weighted by Gasteiger charge is 2.08. The number of hydrogen-bond acceptors (Lipinski definition) is 4. The molecule has 0 atom stereocenters. The van der Waals surface area contributed by atoms with Crippen LogP contribution in [0.15, 0.2) is 24.3 Å². The molecule has 1 heterocycles. The number of H-pyrrole nitrogens is 1. The number of rotatable bonds is 2. The van der Waals surface area contributed by atoms with Crippen molar-refractivity contribution in [3.05, 3.63) is 35.7 Å². The molecule has 2 rings (SSSR count). The molecule has 2 aromatic rings. The van der Waals surface area contributed by atoms with Crippen molar-refractivity contribution in [2.75, 3.05) is 5.32 Å². The average molecular weight is 218 g/mol. The van der Waals surface area contributed by atoms with Crippen LogP contribution in [0.4, 0.5) is 5.95 Å². The maximum Gasteiger partial charge on any atom is 0.258 e. The molecule has 1 aromatic carbocycles. The summed E-state index contributed by atoms with van der Waals surface area (Å²) in [4.78, 5) is 15.6. The molecule has 0 saturated heterocycles. The number of nitrogens with zero attached hydrogens (tertiary/aromatic N) is 2. The zero-order valence-electron chi connectivity index (χ0n) is 8.56. The molecule has 0 saturated carbocycles. The van der Waals surface area contributed by atoms with Gasteiger partial charge in [0.2, 0.25) is 5.95 Å². The molecule has 0 aliphatic heterocycles. The van der Waals surface area contributed by atoms with Crippen LogP contribution < -0.4 is 5.32 Å². The number of carbonyl (C=O) groups is 1. The van der Waals surface area contributed by atoms with Crippen LogP contribution in [0.5, 0.6) is 5.75 Å². The summed E-state index contributed by atoms with van der Waals surface area (Å²) < 4.78 is 0. The third-order valence-corrected chi connectivity index (χ3v) is 1.93. The maximum atomic E-state index is 11.7. The summed E-state index contributed by atoms with van der Waals surface area (Å²) in [6.07, 6.45) is 0. The second kappa shape index (κ2) is 4.01. The first-order valence-electron chi connectivity index (χ1n) is 4.64. The van der Waals surface area contributed by atoms with E-state index in [2.05, 4.69) is 20.5 Å². The number of aromatic nitrogens is 3. The summed E-state index contributed by atoms with van der Waals surface area (Å²) in [5.41, 5.74) is 0.349. The van der Waals surface area contributed by atoms with Crippen LogP contribution in [-0.4, -0.2) is 26.2 Å². The molecule has 0 fully saturated rings. The van der Waals surface area contributed by atoms with Gasteiger partial charge in [0.05, 0.1) is 0 Å². The molecule has 0 unspecified atom stereocenters. The lowest BCUT2D eigenvalue weighted by atomic mass is 10.2. The van der Waals surface area contributed by atoms with Crippen LogP contribution in [-0.2, 0) is 0 Å². The van der Waals surface area contributed by atoms with E-state index in [1.54, 1.807) is 19.1 Å². The fourth-order valence-corrected chi connectivity index (χ4v) is 1.22. The Morgan fingerprint density at radius 3 is 2.94 bits per heavy atom. The minimum Gasteiger partial charge on any atom is -0.508 e. The zero-order chi connectivity index (χ0) is 11.5. The first kappa shape index (κ1) is 10.2. The smallest absolute Gasteiger partial charge is 0.258 e. The van der Waals surface area contributed by atoms with Gasteiger partial charge in [-0.15, -0.1) is 5.10 Å². The van der Waals surface area contributed by atoms with E-state index >= 15 is 0 Å². The standard InChI is InChI=1S/C10H10N4O2/c1-6-11-10(14-13-6)12-9(16)7-3-2-4-8(15)5-7/h2-5,15H,1H3,(H2,11,12,13,14,16). The molecule has 0 spiro atoms. The van der Waals surface area contributed by atoms with Gasteiger partial charge in [-0.1, -0.05) is 6.07 Å². The average Bonchev–Trinajstić information content (AvgIpc) is 2.64. The van der Waals surface area contributed by atoms with Crippen molar-refractivity contribution in [1.29, 1.82) is 0 Å². The number of anilines is 1. The number of amides is 1. The summed E-state index contributed by atoms with van der Waals surface area (Å²) in [5.74, 6) is 0.505. The van der Waals surface area contributed by atoms with Crippen molar-refractivity contribution in [3.8, 4) is 5.75 Å². The van der Waals surface area contributed by atoms with Crippen LogP contribution in [0.3, 0.4) is 0 Å². The Labute approximate surface area is 91.3 Å². The van der Waals surface area contributed by atoms with Crippen molar-refractivity contribution in [2.45, 2.75) is 6.92 Å². The topological polar surface area (TPSA) is 90.9 Å². The second-order valence-corrected chi connectivity index (χ2v) is 3.25. The Morgan fingerprint density at radius 1 is 1.50 bits per heavy atom. The lowest BCUT2D eigenvalue weighted by Crippen LogP contribution is -2.12. The zero-order valence-corrected chi connectivity index (χ0v) is 8.56. The van der Waals surface area contributed by atoms with E-state index in [4.69, 9.17) is 0 Å². The van der Waals surface area contributed by atoms with Crippen molar-refractivity contribution in [2.24, 2.45) is 0 Å². The van der Waals surface area contributed by atoms with Gasteiger partial charge >= 0.3 is 0 Å². The molecule has 82 valence electrons. The molecule has 16 heavy (non-hydrogen) atoms. The predicted octanol–water partition coefficient (Wildman–Crippen LogP) is 1.07. The largest absolute Gasteiger partial charge is 0.508 e. The van der Waals surface area contributed by atoms with Gasteiger partial charge in [0.15, 0.2) is 0 Å². The second-order valence-electron chi connectivity index (χ2n) is 3.25. The molecular weight excluding hydrogens is 208 g/mol. The number of phenolic OH excluding ortho intramolecular Hbond substituents is 1. The normalized spacial score (nSPS) is 10.1. The number of aromatic hydroxyl groups is 1. The van der Waals surface area contributed by atoms with Crippen molar-refractivity contribution in [3.63, 3.8) is 0 Å². The molecule has 6 heteroatoms. The van der Waals surface area contributed by atoms with Gasteiger partial charge in [-0.05, 0) is 25.1 Å². The molecule has 0 bridgehead atoms. The Morgan fingerprint density at radius 2 is 2.31 bits per heavy atom. The van der Waals surface area contributed by atoms with E-state index in [0.717, 1.165) is 0 Å². The van der Waals surface area contributed by atoms with Crippen LogP contribution in [0.2, 0.25) is 0 Å². The van der Waals surface area contributed by atoms with Gasteiger partial charge in [-0.2, -0.15) is 4.98 Å². The number of benzene rings is 1. The minimum absolute atomic E-state index is 0.0406. The number of carbonyl (C=O) groups excluding carboxylic acids is 1. The van der Waals surface area contributed by atoms with E-state index in [1.165, 1.54) is 12.1 Å². The highest BCUT2D eigenvalue weighted by Crippen LogP contribution is 2.11. The summed E-state index contributed by atoms with van der Waals surface area (Å²) >= 11 is 0. The minimum atomic E-state index is -0.366. The van der Waals surface area contributed by atoms with E-state index in [-0.39, 0.29) is 17.6 Å². The van der Waals surface area contributed by atoms with Gasteiger partial charge in [-0.25, -0.2) is 0 Å². The van der Waals surface area contributed by atoms with Crippen molar-refractivity contribution >= 4 is 11.9 Å². The number of hydrogen-bond donors (Lipinski definition) is 3. The number of aryl methyl sites for hydroxylation is 1. The summed E-state index contributed by atoms with van der Waals surface area (Å²) in [5, 5.41) is 18.1. The third-order valence-electron chi connectivity index (χ3n) is 1.93. The molecule has 1 amide bonds. The molecule has 1 aromatic heterocycles. The van der Waals surface area contributed by atoms with E-state index in [9.17, 15) is 9.90 Å². The van der Waals surface area contributed by atoms with Gasteiger partial charge in [0, 0.05) is 5.56 Å². The maximum absolute atomic E-state index is 11.7. The van der Waals surface area contributed by atoms with Crippen molar-refractivity contribution < 1.29 is 9.90 Å². The first-order chi connectivity index (χ1) is 7.65. The van der Waals surface area contributed by atoms with E-state index in [1.807, 2.05) is 0 Å². The predicted molar refractivity (Wildman–Crippen MR) is 57.2 cm³/mol. The lowest BCUT2D eigenvalue weighted by Gasteiger charge is -2.00. The molecule has 0 aliphatic rings. The van der Waals surface area contributed by atoms with Crippen LogP contribution in [0, 0.1) is 6.92 Å². The van der Waals surface area contributed by atoms with Gasteiger partial charge < -0.3 is 5.11 Å². The molecule has 6 nitrogen and oxygen atoms in total. The van der Waals surface area contributed by atoms with E-state index < -0.39 is 0 Å². The monoisotopic (exact) mass is 218 g/mol. The Kier molecular flexibility index (Phi) is 2.55. The van der Waals surface area contributed by atoms with Gasteiger partial charge in [0.25, 0.3) is 5.91 Å². The van der Waals surface area contributed by atoms with Crippen molar-refractivity contribution in [1.82, 2.24) is 15.2 Å². The quantitative estimate of drug-likeness (QED) is 0.703. The molecule has 3 N–H and O–H groups in total. The molecular formula is C10H10N4O2. The SMILES string of the molecule is Cc1nc(NC(=O)c2cccc(O)c2)n[nH]1. The highest BCUT2D eigenvalue weighted by molar-refractivity contribution is 6.03. The Hall–Kier alpha value is -2.37. The van der Waals surface area contributed by atoms with Gasteiger partial charge in [0.1, 0.15) is 11.6 Å². The number of nitrogens with one attached hydrogen (secondary N) is 2. The Bertz CT molecular complexity index is 521. The lowest BCUT2D eigenvalue weighted by molar-refractivity contribution is 0.102. The first-order valence-corrected chi connectivity index (χ1v) is 4.64. The van der Waals surface area contributed by atoms with E-state index in [0.29, 0.717) is 11.4 Å². The highest BCUT2D eigenvalue weighted by atomic mass is 16.3. The number of phenols is 1. The van der Waals surface area contributed by atoms with Gasteiger partial charge in [-0.3, -0.25) is 15.2 Å². The summed E-state index contributed by atoms with van der Waals surface area (Å²) in [6.45, 7) is 1.73. The van der Waals surface area contributed by atoms with Crippen LogP contribution in [0.1, 0.15) is 16.2 Å². The molecule has 0 radical (unpaired) electrons. The fraction of sp³-hybridized carbons (Fsp3) is 0.100. The Balaban J connectivity index is 2.14. The number of aromatic amines is 1. The van der Waals surface area contributed by atoms with Crippen LogP contribution >= 0.6 is 0 Å². The summed E-state index contributed by atoms with van der Waals surface area (Å²) in [7, 11) is 0. The molecule has 0 aliphatic carbocycles. The third kappa shape index (κ3) is 2.17. The van der Waals surface area contributed by atoms with Crippen LogP contribution in [0.25, 0.3) is 0 Å². The summed E-state index contributed by atoms with van der Waals surface area (Å²) in [6, 6.07) is 6.05. The fourth-order valence-electron chi connectivity index (χ4n) is 1.22.